The number of methoxy groups -OCH3 is 2. The molecule has 0 radical (unpaired) electrons. The number of unbranched alkanes of at least 4 members (excludes halogenated alkanes) is 1. The van der Waals surface area contributed by atoms with Crippen molar-refractivity contribution in [2.45, 2.75) is 58.5 Å². The second-order valence-electron chi connectivity index (χ2n) is 8.07. The number of rotatable bonds is 15. The monoisotopic (exact) mass is 470 g/mol. The van der Waals surface area contributed by atoms with Crippen molar-refractivity contribution in [3.05, 3.63) is 54.1 Å². The smallest absolute Gasteiger partial charge is 0.242 e. The van der Waals surface area contributed by atoms with Gasteiger partial charge in [0.05, 0.1) is 20.8 Å². The number of carbonyl (C=O) groups is 2. The minimum absolute atomic E-state index is 0.0707. The maximum Gasteiger partial charge on any atom is 0.242 e. The number of amides is 2. The summed E-state index contributed by atoms with van der Waals surface area (Å²) >= 11 is 0. The summed E-state index contributed by atoms with van der Waals surface area (Å²) in [5.74, 6) is 2.03. The van der Waals surface area contributed by atoms with Crippen LogP contribution in [0.2, 0.25) is 0 Å². The Labute approximate surface area is 203 Å². The number of hydrogen-bond acceptors (Lipinski definition) is 5. The maximum absolute atomic E-state index is 13.3. The molecular weight excluding hydrogens is 432 g/mol. The highest BCUT2D eigenvalue weighted by Gasteiger charge is 2.28. The molecule has 2 rings (SSSR count). The topological polar surface area (TPSA) is 77.1 Å². The van der Waals surface area contributed by atoms with Crippen LogP contribution in [0.3, 0.4) is 0 Å². The van der Waals surface area contributed by atoms with Crippen molar-refractivity contribution in [2.24, 2.45) is 0 Å². The van der Waals surface area contributed by atoms with E-state index >= 15 is 0 Å². The van der Waals surface area contributed by atoms with Crippen LogP contribution in [-0.2, 0) is 16.1 Å². The molecule has 2 aromatic rings. The molecule has 0 bridgehead atoms. The van der Waals surface area contributed by atoms with E-state index in [2.05, 4.69) is 12.2 Å². The standard InChI is InChI=1S/C27H38N2O5/c1-5-7-17-28-27(31)25(6-2)29(20-21-10-8-11-24(19-21)33-4)26(30)12-9-18-34-23-15-13-22(32-3)14-16-23/h8,10-11,13-16,19,25H,5-7,9,12,17-18,20H2,1-4H3,(H,28,31)/t25-/m0/s1. The van der Waals surface area contributed by atoms with Crippen LogP contribution in [0, 0.1) is 0 Å². The third-order valence-corrected chi connectivity index (χ3v) is 5.57. The Morgan fingerprint density at radius 1 is 0.941 bits per heavy atom. The Bertz CT molecular complexity index is 885. The molecule has 0 unspecified atom stereocenters. The zero-order valence-corrected chi connectivity index (χ0v) is 20.8. The van der Waals surface area contributed by atoms with Crippen molar-refractivity contribution in [3.8, 4) is 17.2 Å². The minimum Gasteiger partial charge on any atom is -0.497 e. The lowest BCUT2D eigenvalue weighted by Crippen LogP contribution is -2.49. The molecule has 2 aromatic carbocycles. The molecule has 7 heteroatoms. The molecule has 1 N–H and O–H groups in total. The van der Waals surface area contributed by atoms with Crippen LogP contribution >= 0.6 is 0 Å². The van der Waals surface area contributed by atoms with Gasteiger partial charge in [-0.15, -0.1) is 0 Å². The van der Waals surface area contributed by atoms with E-state index in [-0.39, 0.29) is 11.8 Å². The molecule has 1 atom stereocenters. The Morgan fingerprint density at radius 3 is 2.29 bits per heavy atom. The minimum atomic E-state index is -0.530. The van der Waals surface area contributed by atoms with E-state index in [9.17, 15) is 9.59 Å². The highest BCUT2D eigenvalue weighted by Crippen LogP contribution is 2.20. The summed E-state index contributed by atoms with van der Waals surface area (Å²) in [6.45, 7) is 5.38. The van der Waals surface area contributed by atoms with E-state index < -0.39 is 6.04 Å². The molecule has 2 amide bonds. The first-order valence-corrected chi connectivity index (χ1v) is 12.0. The first-order valence-electron chi connectivity index (χ1n) is 12.0. The second kappa shape index (κ2) is 14.8. The third kappa shape index (κ3) is 8.61. The Balaban J connectivity index is 2.04. The summed E-state index contributed by atoms with van der Waals surface area (Å²) in [6.07, 6.45) is 3.29. The predicted molar refractivity (Wildman–Crippen MR) is 133 cm³/mol. The van der Waals surface area contributed by atoms with Gasteiger partial charge in [-0.3, -0.25) is 9.59 Å². The summed E-state index contributed by atoms with van der Waals surface area (Å²) in [7, 11) is 3.23. The molecule has 0 heterocycles. The molecule has 7 nitrogen and oxygen atoms in total. The fraction of sp³-hybridized carbons (Fsp3) is 0.481. The summed E-state index contributed by atoms with van der Waals surface area (Å²) in [4.78, 5) is 27.9. The van der Waals surface area contributed by atoms with Crippen LogP contribution < -0.4 is 19.5 Å². The number of nitrogens with one attached hydrogen (secondary N) is 1. The summed E-state index contributed by atoms with van der Waals surface area (Å²) in [5, 5.41) is 2.98. The normalized spacial score (nSPS) is 11.4. The molecule has 0 spiro atoms. The van der Waals surface area contributed by atoms with Gasteiger partial charge in [0.1, 0.15) is 23.3 Å². The summed E-state index contributed by atoms with van der Waals surface area (Å²) in [5.41, 5.74) is 0.919. The third-order valence-electron chi connectivity index (χ3n) is 5.57. The van der Waals surface area contributed by atoms with Crippen molar-refractivity contribution >= 4 is 11.8 Å². The van der Waals surface area contributed by atoms with Gasteiger partial charge in [0, 0.05) is 19.5 Å². The van der Waals surface area contributed by atoms with E-state index in [1.54, 1.807) is 19.1 Å². The second-order valence-corrected chi connectivity index (χ2v) is 8.07. The van der Waals surface area contributed by atoms with Crippen LogP contribution in [-0.4, -0.2) is 50.1 Å². The van der Waals surface area contributed by atoms with Gasteiger partial charge in [-0.25, -0.2) is 0 Å². The number of benzene rings is 2. The lowest BCUT2D eigenvalue weighted by atomic mass is 10.1. The highest BCUT2D eigenvalue weighted by molar-refractivity contribution is 5.87. The van der Waals surface area contributed by atoms with Gasteiger partial charge in [0.25, 0.3) is 0 Å². The van der Waals surface area contributed by atoms with Gasteiger partial charge in [0.15, 0.2) is 0 Å². The molecule has 0 saturated heterocycles. The quantitative estimate of drug-likeness (QED) is 0.386. The SMILES string of the molecule is CCCCNC(=O)[C@H](CC)N(Cc1cccc(OC)c1)C(=O)CCCOc1ccc(OC)cc1. The van der Waals surface area contributed by atoms with Gasteiger partial charge >= 0.3 is 0 Å². The average Bonchev–Trinajstić information content (AvgIpc) is 2.87. The summed E-state index contributed by atoms with van der Waals surface area (Å²) < 4.78 is 16.2. The molecule has 186 valence electrons. The van der Waals surface area contributed by atoms with Crippen molar-refractivity contribution in [3.63, 3.8) is 0 Å². The zero-order chi connectivity index (χ0) is 24.8. The average molecular weight is 471 g/mol. The fourth-order valence-electron chi connectivity index (χ4n) is 3.62. The van der Waals surface area contributed by atoms with E-state index in [4.69, 9.17) is 14.2 Å². The molecule has 0 aromatic heterocycles. The lowest BCUT2D eigenvalue weighted by molar-refractivity contribution is -0.141. The van der Waals surface area contributed by atoms with Crippen molar-refractivity contribution in [2.75, 3.05) is 27.4 Å². The number of nitrogens with zero attached hydrogens (tertiary/aromatic N) is 1. The van der Waals surface area contributed by atoms with Gasteiger partial charge in [-0.2, -0.15) is 0 Å². The fourth-order valence-corrected chi connectivity index (χ4v) is 3.62. The first kappa shape index (κ1) is 27.0. The highest BCUT2D eigenvalue weighted by atomic mass is 16.5. The lowest BCUT2D eigenvalue weighted by Gasteiger charge is -2.31. The molecular formula is C27H38N2O5. The first-order chi connectivity index (χ1) is 16.5. The molecule has 0 aliphatic carbocycles. The molecule has 0 aliphatic heterocycles. The van der Waals surface area contributed by atoms with Gasteiger partial charge in [-0.1, -0.05) is 32.4 Å². The largest absolute Gasteiger partial charge is 0.497 e. The van der Waals surface area contributed by atoms with E-state index in [1.807, 2.05) is 55.5 Å². The molecule has 0 aliphatic rings. The van der Waals surface area contributed by atoms with Crippen LogP contribution in [0.5, 0.6) is 17.2 Å². The van der Waals surface area contributed by atoms with Crippen LogP contribution in [0.4, 0.5) is 0 Å². The molecule has 34 heavy (non-hydrogen) atoms. The van der Waals surface area contributed by atoms with Crippen molar-refractivity contribution in [1.82, 2.24) is 10.2 Å². The number of hydrogen-bond donors (Lipinski definition) is 1. The van der Waals surface area contributed by atoms with Crippen molar-refractivity contribution < 1.29 is 23.8 Å². The Kier molecular flexibility index (Phi) is 11.8. The van der Waals surface area contributed by atoms with E-state index in [1.165, 1.54) is 0 Å². The maximum atomic E-state index is 13.3. The van der Waals surface area contributed by atoms with Crippen LogP contribution in [0.15, 0.2) is 48.5 Å². The Morgan fingerprint density at radius 2 is 1.65 bits per heavy atom. The Hall–Kier alpha value is -3.22. The van der Waals surface area contributed by atoms with Gasteiger partial charge < -0.3 is 24.4 Å². The van der Waals surface area contributed by atoms with Crippen LogP contribution in [0.1, 0.15) is 51.5 Å². The number of ether oxygens (including phenoxy) is 3. The zero-order valence-electron chi connectivity index (χ0n) is 20.8. The predicted octanol–water partition coefficient (Wildman–Crippen LogP) is 4.59. The van der Waals surface area contributed by atoms with E-state index in [0.29, 0.717) is 39.0 Å². The van der Waals surface area contributed by atoms with Crippen LogP contribution in [0.25, 0.3) is 0 Å². The van der Waals surface area contributed by atoms with E-state index in [0.717, 1.165) is 35.7 Å². The van der Waals surface area contributed by atoms with Crippen molar-refractivity contribution in [1.29, 1.82) is 0 Å². The summed E-state index contributed by atoms with van der Waals surface area (Å²) in [6, 6.07) is 14.4. The molecule has 0 saturated carbocycles. The van der Waals surface area contributed by atoms with Gasteiger partial charge in [0.2, 0.25) is 11.8 Å². The molecule has 0 fully saturated rings. The van der Waals surface area contributed by atoms with Gasteiger partial charge in [-0.05, 0) is 61.2 Å². The number of carbonyl (C=O) groups excluding carboxylic acids is 2.